The number of nitrogens with zero attached hydrogens (tertiary/aromatic N) is 1. The van der Waals surface area contributed by atoms with E-state index in [0.717, 1.165) is 47.9 Å². The molecule has 146 valence electrons. The largest absolute Gasteiger partial charge is 0.393 e. The standard InChI is InChI=1S/C17H20O2.C7H13N/c18-12-17(19,14-8-2-3-9-14)16-11-5-7-13-6-1-4-10-15(13)16;1-4-8-5-2-7(1)3-6-8/h1,4-7,10-11,14,18-19H,2-3,8-9,12H2;7H,1-6H2/t17-;/m0./s1. The Labute approximate surface area is 163 Å². The van der Waals surface area contributed by atoms with Crippen LogP contribution in [0.3, 0.4) is 0 Å². The third-order valence-electron chi connectivity index (χ3n) is 7.09. The number of hydrogen-bond acceptors (Lipinski definition) is 3. The van der Waals surface area contributed by atoms with Gasteiger partial charge in [0.2, 0.25) is 0 Å². The van der Waals surface area contributed by atoms with Crippen molar-refractivity contribution >= 4 is 10.8 Å². The lowest BCUT2D eigenvalue weighted by Crippen LogP contribution is -2.41. The van der Waals surface area contributed by atoms with Gasteiger partial charge in [-0.3, -0.25) is 0 Å². The molecule has 3 heteroatoms. The lowest BCUT2D eigenvalue weighted by Gasteiger charge is -2.38. The molecule has 0 spiro atoms. The quantitative estimate of drug-likeness (QED) is 0.849. The Hall–Kier alpha value is -1.42. The van der Waals surface area contributed by atoms with Crippen molar-refractivity contribution < 1.29 is 10.2 Å². The van der Waals surface area contributed by atoms with E-state index >= 15 is 0 Å². The minimum atomic E-state index is -1.10. The van der Waals surface area contributed by atoms with Gasteiger partial charge < -0.3 is 15.1 Å². The molecule has 2 aromatic rings. The summed E-state index contributed by atoms with van der Waals surface area (Å²) >= 11 is 0. The molecular weight excluding hydrogens is 334 g/mol. The molecule has 1 atom stereocenters. The molecule has 2 aromatic carbocycles. The van der Waals surface area contributed by atoms with Crippen LogP contribution in [0.4, 0.5) is 0 Å². The first kappa shape index (κ1) is 18.9. The van der Waals surface area contributed by atoms with Crippen LogP contribution in [0.5, 0.6) is 0 Å². The van der Waals surface area contributed by atoms with Crippen LogP contribution in [-0.4, -0.2) is 41.4 Å². The van der Waals surface area contributed by atoms with Gasteiger partial charge in [-0.2, -0.15) is 0 Å². The Morgan fingerprint density at radius 3 is 2.04 bits per heavy atom. The molecule has 3 nitrogen and oxygen atoms in total. The van der Waals surface area contributed by atoms with Crippen LogP contribution < -0.4 is 0 Å². The predicted molar refractivity (Wildman–Crippen MR) is 111 cm³/mol. The molecule has 0 unspecified atom stereocenters. The van der Waals surface area contributed by atoms with Crippen molar-refractivity contribution in [2.45, 2.75) is 50.5 Å². The van der Waals surface area contributed by atoms with Crippen LogP contribution in [0.1, 0.15) is 50.5 Å². The minimum absolute atomic E-state index is 0.170. The van der Waals surface area contributed by atoms with Crippen LogP contribution in [0.25, 0.3) is 10.8 Å². The first-order valence-corrected chi connectivity index (χ1v) is 10.7. The molecule has 3 heterocycles. The SMILES string of the molecule is C1CN2CCC1CC2.OC[C@@](O)(c1cccc2ccccc12)C1CCCC1. The summed E-state index contributed by atoms with van der Waals surface area (Å²) in [5, 5.41) is 23.0. The van der Waals surface area contributed by atoms with Crippen molar-refractivity contribution in [2.75, 3.05) is 26.2 Å². The Morgan fingerprint density at radius 1 is 0.852 bits per heavy atom. The highest BCUT2D eigenvalue weighted by atomic mass is 16.3. The summed E-state index contributed by atoms with van der Waals surface area (Å²) in [6.07, 6.45) is 8.76. The van der Waals surface area contributed by atoms with E-state index in [1.54, 1.807) is 0 Å². The summed E-state index contributed by atoms with van der Waals surface area (Å²) in [5.74, 6) is 1.28. The summed E-state index contributed by atoms with van der Waals surface area (Å²) in [6.45, 7) is 3.98. The number of piperidine rings is 3. The van der Waals surface area contributed by atoms with Crippen LogP contribution in [0, 0.1) is 11.8 Å². The van der Waals surface area contributed by atoms with Crippen molar-refractivity contribution in [3.8, 4) is 0 Å². The van der Waals surface area contributed by atoms with Gasteiger partial charge in [0.1, 0.15) is 5.60 Å². The number of aliphatic hydroxyl groups is 2. The second-order valence-electron chi connectivity index (χ2n) is 8.66. The minimum Gasteiger partial charge on any atom is -0.393 e. The van der Waals surface area contributed by atoms with Gasteiger partial charge in [-0.05, 0) is 79.9 Å². The van der Waals surface area contributed by atoms with Crippen LogP contribution in [0.15, 0.2) is 42.5 Å². The zero-order valence-corrected chi connectivity index (χ0v) is 16.3. The van der Waals surface area contributed by atoms with Gasteiger partial charge in [-0.25, -0.2) is 0 Å². The average molecular weight is 368 g/mol. The predicted octanol–water partition coefficient (Wildman–Crippen LogP) is 4.31. The first-order chi connectivity index (χ1) is 13.2. The molecule has 1 saturated carbocycles. The highest BCUT2D eigenvalue weighted by Gasteiger charge is 2.40. The fraction of sp³-hybridized carbons (Fsp3) is 0.583. The van der Waals surface area contributed by atoms with Crippen molar-refractivity contribution in [3.05, 3.63) is 48.0 Å². The molecule has 1 aliphatic carbocycles. The topological polar surface area (TPSA) is 43.7 Å². The van der Waals surface area contributed by atoms with E-state index in [9.17, 15) is 10.2 Å². The number of benzene rings is 2. The molecule has 4 aliphatic rings. The number of hydrogen-bond donors (Lipinski definition) is 2. The normalized spacial score (nSPS) is 27.2. The van der Waals surface area contributed by atoms with Crippen LogP contribution in [0.2, 0.25) is 0 Å². The molecule has 3 aliphatic heterocycles. The van der Waals surface area contributed by atoms with Gasteiger partial charge in [0.25, 0.3) is 0 Å². The van der Waals surface area contributed by atoms with Gasteiger partial charge in [0.05, 0.1) is 6.61 Å². The molecule has 2 bridgehead atoms. The van der Waals surface area contributed by atoms with E-state index in [0.29, 0.717) is 0 Å². The molecule has 3 saturated heterocycles. The highest BCUT2D eigenvalue weighted by molar-refractivity contribution is 5.86. The highest BCUT2D eigenvalue weighted by Crippen LogP contribution is 2.42. The van der Waals surface area contributed by atoms with E-state index in [1.807, 2.05) is 42.5 Å². The maximum Gasteiger partial charge on any atom is 0.116 e. The molecule has 27 heavy (non-hydrogen) atoms. The Kier molecular flexibility index (Phi) is 5.82. The fourth-order valence-electron chi connectivity index (χ4n) is 5.30. The van der Waals surface area contributed by atoms with Crippen molar-refractivity contribution in [3.63, 3.8) is 0 Å². The molecule has 0 amide bonds. The first-order valence-electron chi connectivity index (χ1n) is 10.7. The number of fused-ring (bicyclic) bond motifs is 4. The van der Waals surface area contributed by atoms with Gasteiger partial charge >= 0.3 is 0 Å². The van der Waals surface area contributed by atoms with Crippen molar-refractivity contribution in [2.24, 2.45) is 11.8 Å². The summed E-state index contributed by atoms with van der Waals surface area (Å²) in [7, 11) is 0. The average Bonchev–Trinajstić information content (AvgIpc) is 3.30. The maximum atomic E-state index is 11.0. The lowest BCUT2D eigenvalue weighted by molar-refractivity contribution is -0.0649. The van der Waals surface area contributed by atoms with Crippen LogP contribution in [-0.2, 0) is 5.60 Å². The second kappa shape index (κ2) is 8.30. The summed E-state index contributed by atoms with van der Waals surface area (Å²) in [5.41, 5.74) is -0.225. The summed E-state index contributed by atoms with van der Waals surface area (Å²) < 4.78 is 0. The second-order valence-corrected chi connectivity index (χ2v) is 8.66. The monoisotopic (exact) mass is 367 g/mol. The zero-order valence-electron chi connectivity index (χ0n) is 16.3. The smallest absolute Gasteiger partial charge is 0.116 e. The number of rotatable bonds is 3. The fourth-order valence-corrected chi connectivity index (χ4v) is 5.30. The molecule has 6 rings (SSSR count). The van der Waals surface area contributed by atoms with E-state index in [1.165, 1.54) is 38.9 Å². The summed E-state index contributed by atoms with van der Waals surface area (Å²) in [4.78, 5) is 2.58. The zero-order chi connectivity index (χ0) is 18.7. The van der Waals surface area contributed by atoms with Crippen molar-refractivity contribution in [1.82, 2.24) is 4.90 Å². The van der Waals surface area contributed by atoms with E-state index in [2.05, 4.69) is 4.90 Å². The van der Waals surface area contributed by atoms with E-state index in [-0.39, 0.29) is 12.5 Å². The van der Waals surface area contributed by atoms with Gasteiger partial charge in [0.15, 0.2) is 0 Å². The number of aliphatic hydroxyl groups excluding tert-OH is 1. The Morgan fingerprint density at radius 2 is 1.48 bits per heavy atom. The van der Waals surface area contributed by atoms with Gasteiger partial charge in [0, 0.05) is 0 Å². The third-order valence-corrected chi connectivity index (χ3v) is 7.09. The Bertz CT molecular complexity index is 719. The van der Waals surface area contributed by atoms with E-state index < -0.39 is 5.60 Å². The molecular formula is C24H33NO2. The van der Waals surface area contributed by atoms with Crippen LogP contribution >= 0.6 is 0 Å². The molecule has 0 radical (unpaired) electrons. The maximum absolute atomic E-state index is 11.0. The molecule has 4 fully saturated rings. The van der Waals surface area contributed by atoms with Gasteiger partial charge in [-0.15, -0.1) is 0 Å². The van der Waals surface area contributed by atoms with E-state index in [4.69, 9.17) is 0 Å². The lowest BCUT2D eigenvalue weighted by atomic mass is 9.79. The molecule has 2 N–H and O–H groups in total. The Balaban J connectivity index is 0.000000186. The third kappa shape index (κ3) is 3.91. The van der Waals surface area contributed by atoms with Crippen molar-refractivity contribution in [1.29, 1.82) is 0 Å². The van der Waals surface area contributed by atoms with Gasteiger partial charge in [-0.1, -0.05) is 55.3 Å². The summed E-state index contributed by atoms with van der Waals surface area (Å²) in [6, 6.07) is 14.0. The molecule has 0 aromatic heterocycles.